The van der Waals surface area contributed by atoms with E-state index in [1.807, 2.05) is 0 Å². The lowest BCUT2D eigenvalue weighted by atomic mass is 9.78. The number of amides is 2. The highest BCUT2D eigenvalue weighted by Crippen LogP contribution is 2.42. The Balaban J connectivity index is 1.31. The minimum atomic E-state index is -0.318. The number of carbonyl (C=O) groups excluding carboxylic acids is 2. The van der Waals surface area contributed by atoms with Crippen molar-refractivity contribution in [1.82, 2.24) is 15.2 Å². The number of likely N-dealkylation sites (tertiary alicyclic amines) is 1. The van der Waals surface area contributed by atoms with E-state index in [0.29, 0.717) is 48.8 Å². The molecule has 0 radical (unpaired) electrons. The number of aromatic nitrogens is 1. The number of hydrogen-bond donors (Lipinski definition) is 1. The lowest BCUT2D eigenvalue weighted by Gasteiger charge is -2.50. The Hall–Kier alpha value is -3.24. The standard InChI is InChI=1S/C22H22N4O3/c23-12-16-3-1-4-17(11-16)21(28)26-14-22(15-26)19(7-10-29-22)6-9-25-20(27)18-5-2-8-24-13-18/h1-5,8,11,13,19H,6-7,9-10,14-15H2,(H,25,27)/t19-/m1/s1. The Kier molecular flexibility index (Phi) is 5.28. The molecule has 0 unspecified atom stereocenters. The Bertz CT molecular complexity index is 948. The highest BCUT2D eigenvalue weighted by atomic mass is 16.5. The highest BCUT2D eigenvalue weighted by molar-refractivity contribution is 5.95. The van der Waals surface area contributed by atoms with Gasteiger partial charge in [-0.1, -0.05) is 6.07 Å². The first-order chi connectivity index (χ1) is 14.1. The maximum atomic E-state index is 12.7. The quantitative estimate of drug-likeness (QED) is 0.843. The van der Waals surface area contributed by atoms with Crippen molar-refractivity contribution in [3.63, 3.8) is 0 Å². The number of carbonyl (C=O) groups is 2. The second-order valence-corrected chi connectivity index (χ2v) is 7.54. The molecule has 2 saturated heterocycles. The summed E-state index contributed by atoms with van der Waals surface area (Å²) in [7, 11) is 0. The van der Waals surface area contributed by atoms with Crippen LogP contribution in [0.2, 0.25) is 0 Å². The van der Waals surface area contributed by atoms with E-state index in [9.17, 15) is 9.59 Å². The van der Waals surface area contributed by atoms with Crippen molar-refractivity contribution >= 4 is 11.8 Å². The number of benzene rings is 1. The topological polar surface area (TPSA) is 95.3 Å². The summed E-state index contributed by atoms with van der Waals surface area (Å²) in [4.78, 5) is 30.6. The molecule has 0 bridgehead atoms. The number of nitrogens with zero attached hydrogens (tertiary/aromatic N) is 3. The first-order valence-electron chi connectivity index (χ1n) is 9.73. The van der Waals surface area contributed by atoms with Gasteiger partial charge in [-0.15, -0.1) is 0 Å². The van der Waals surface area contributed by atoms with Gasteiger partial charge in [0.15, 0.2) is 0 Å². The van der Waals surface area contributed by atoms with Crippen molar-refractivity contribution in [3.8, 4) is 6.07 Å². The molecule has 4 rings (SSSR count). The van der Waals surface area contributed by atoms with Gasteiger partial charge < -0.3 is 15.0 Å². The molecule has 29 heavy (non-hydrogen) atoms. The second kappa shape index (κ2) is 8.02. The normalized spacial score (nSPS) is 19.4. The maximum absolute atomic E-state index is 12.7. The first-order valence-corrected chi connectivity index (χ1v) is 9.73. The van der Waals surface area contributed by atoms with Crippen LogP contribution in [0.3, 0.4) is 0 Å². The van der Waals surface area contributed by atoms with Crippen LogP contribution in [-0.4, -0.2) is 53.5 Å². The van der Waals surface area contributed by atoms with E-state index in [1.165, 1.54) is 0 Å². The van der Waals surface area contributed by atoms with Crippen LogP contribution in [0.1, 0.15) is 39.1 Å². The van der Waals surface area contributed by atoms with Crippen LogP contribution in [-0.2, 0) is 4.74 Å². The molecule has 2 fully saturated rings. The molecule has 1 spiro atoms. The van der Waals surface area contributed by atoms with Crippen LogP contribution < -0.4 is 5.32 Å². The summed E-state index contributed by atoms with van der Waals surface area (Å²) in [5.74, 6) is 0.0897. The number of nitrogens with one attached hydrogen (secondary N) is 1. The zero-order chi connectivity index (χ0) is 20.3. The third kappa shape index (κ3) is 3.84. The van der Waals surface area contributed by atoms with Crippen LogP contribution in [0.5, 0.6) is 0 Å². The van der Waals surface area contributed by atoms with E-state index in [1.54, 1.807) is 53.7 Å². The zero-order valence-corrected chi connectivity index (χ0v) is 16.0. The van der Waals surface area contributed by atoms with Gasteiger partial charge in [-0.05, 0) is 49.1 Å². The molecule has 2 aromatic rings. The van der Waals surface area contributed by atoms with Gasteiger partial charge in [-0.3, -0.25) is 14.6 Å². The molecule has 1 atom stereocenters. The number of hydrogen-bond acceptors (Lipinski definition) is 5. The summed E-state index contributed by atoms with van der Waals surface area (Å²) >= 11 is 0. The number of rotatable bonds is 5. The number of pyridine rings is 1. The molecule has 7 nitrogen and oxygen atoms in total. The predicted octanol–water partition coefficient (Wildman–Crippen LogP) is 2.00. The Morgan fingerprint density at radius 1 is 1.28 bits per heavy atom. The molecule has 1 N–H and O–H groups in total. The fourth-order valence-electron chi connectivity index (χ4n) is 4.15. The van der Waals surface area contributed by atoms with Crippen molar-refractivity contribution in [3.05, 3.63) is 65.5 Å². The molecule has 2 aliphatic heterocycles. The van der Waals surface area contributed by atoms with Gasteiger partial charge in [-0.25, -0.2) is 0 Å². The second-order valence-electron chi connectivity index (χ2n) is 7.54. The van der Waals surface area contributed by atoms with E-state index in [2.05, 4.69) is 16.4 Å². The minimum Gasteiger partial charge on any atom is -0.371 e. The smallest absolute Gasteiger partial charge is 0.254 e. The van der Waals surface area contributed by atoms with Crippen LogP contribution in [0.15, 0.2) is 48.8 Å². The lowest BCUT2D eigenvalue weighted by Crippen LogP contribution is -2.66. The Morgan fingerprint density at radius 2 is 2.10 bits per heavy atom. The van der Waals surface area contributed by atoms with E-state index < -0.39 is 0 Å². The highest BCUT2D eigenvalue weighted by Gasteiger charge is 2.54. The minimum absolute atomic E-state index is 0.0770. The Labute approximate surface area is 169 Å². The maximum Gasteiger partial charge on any atom is 0.254 e. The molecular weight excluding hydrogens is 368 g/mol. The van der Waals surface area contributed by atoms with Gasteiger partial charge in [0.05, 0.1) is 30.3 Å². The number of nitriles is 1. The van der Waals surface area contributed by atoms with Crippen molar-refractivity contribution < 1.29 is 14.3 Å². The molecule has 2 amide bonds. The van der Waals surface area contributed by atoms with Crippen LogP contribution in [0.4, 0.5) is 0 Å². The molecule has 7 heteroatoms. The number of ether oxygens (including phenoxy) is 1. The molecule has 1 aromatic heterocycles. The van der Waals surface area contributed by atoms with Gasteiger partial charge in [0, 0.05) is 31.1 Å². The van der Waals surface area contributed by atoms with Crippen molar-refractivity contribution in [2.45, 2.75) is 18.4 Å². The van der Waals surface area contributed by atoms with E-state index in [4.69, 9.17) is 10.00 Å². The summed E-state index contributed by atoms with van der Waals surface area (Å²) in [5, 5.41) is 12.0. The fourth-order valence-corrected chi connectivity index (χ4v) is 4.15. The van der Waals surface area contributed by atoms with Gasteiger partial charge in [0.2, 0.25) is 0 Å². The third-order valence-corrected chi connectivity index (χ3v) is 5.74. The SMILES string of the molecule is N#Cc1cccc(C(=O)N2CC3(C2)OCC[C@H]3CCNC(=O)c2cccnc2)c1. The van der Waals surface area contributed by atoms with Crippen molar-refractivity contribution in [1.29, 1.82) is 5.26 Å². The monoisotopic (exact) mass is 390 g/mol. The van der Waals surface area contributed by atoms with Gasteiger partial charge in [0.25, 0.3) is 11.8 Å². The summed E-state index contributed by atoms with van der Waals surface area (Å²) in [6.07, 6.45) is 4.91. The molecule has 0 aliphatic carbocycles. The molecule has 148 valence electrons. The summed E-state index contributed by atoms with van der Waals surface area (Å²) < 4.78 is 6.02. The van der Waals surface area contributed by atoms with Crippen molar-refractivity contribution in [2.24, 2.45) is 5.92 Å². The molecule has 2 aliphatic rings. The summed E-state index contributed by atoms with van der Waals surface area (Å²) in [6.45, 7) is 2.32. The molecular formula is C22H22N4O3. The largest absolute Gasteiger partial charge is 0.371 e. The first kappa shape index (κ1) is 19.1. The fraction of sp³-hybridized carbons (Fsp3) is 0.364. The summed E-state index contributed by atoms with van der Waals surface area (Å²) in [6, 6.07) is 12.3. The van der Waals surface area contributed by atoms with Crippen molar-refractivity contribution in [2.75, 3.05) is 26.2 Å². The average Bonchev–Trinajstić information content (AvgIpc) is 3.16. The van der Waals surface area contributed by atoms with Crippen LogP contribution in [0, 0.1) is 17.2 Å². The van der Waals surface area contributed by atoms with Crippen LogP contribution in [0.25, 0.3) is 0 Å². The average molecular weight is 390 g/mol. The predicted molar refractivity (Wildman–Crippen MR) is 105 cm³/mol. The molecule has 0 saturated carbocycles. The lowest BCUT2D eigenvalue weighted by molar-refractivity contribution is -0.117. The van der Waals surface area contributed by atoms with Gasteiger partial charge in [0.1, 0.15) is 5.60 Å². The third-order valence-electron chi connectivity index (χ3n) is 5.74. The molecule has 1 aromatic carbocycles. The zero-order valence-electron chi connectivity index (χ0n) is 16.0. The van der Waals surface area contributed by atoms with E-state index >= 15 is 0 Å². The van der Waals surface area contributed by atoms with E-state index in [-0.39, 0.29) is 17.4 Å². The Morgan fingerprint density at radius 3 is 2.86 bits per heavy atom. The molecule has 3 heterocycles. The summed E-state index contributed by atoms with van der Waals surface area (Å²) in [5.41, 5.74) is 1.23. The van der Waals surface area contributed by atoms with E-state index in [0.717, 1.165) is 12.8 Å². The van der Waals surface area contributed by atoms with Crippen LogP contribution >= 0.6 is 0 Å². The van der Waals surface area contributed by atoms with Gasteiger partial charge in [-0.2, -0.15) is 5.26 Å². The van der Waals surface area contributed by atoms with Gasteiger partial charge >= 0.3 is 0 Å².